The van der Waals surface area contributed by atoms with E-state index in [1.165, 1.54) is 19.2 Å². The van der Waals surface area contributed by atoms with Crippen LogP contribution < -0.4 is 0 Å². The van der Waals surface area contributed by atoms with Gasteiger partial charge >= 0.3 is 5.97 Å². The summed E-state index contributed by atoms with van der Waals surface area (Å²) < 4.78 is 4.67. The van der Waals surface area contributed by atoms with Crippen molar-refractivity contribution in [3.8, 4) is 6.07 Å². The molecule has 0 saturated heterocycles. The number of hydrogen-bond acceptors (Lipinski definition) is 4. The highest BCUT2D eigenvalue weighted by Crippen LogP contribution is 2.32. The SMILES string of the molecule is COC(=O)c1ccc(Cl)c(C(=O)c2cc3c(C)cc(C#N)cc3[nH]2)c1Cl. The topological polar surface area (TPSA) is 82.9 Å². The normalized spacial score (nSPS) is 10.6. The summed E-state index contributed by atoms with van der Waals surface area (Å²) in [6.45, 7) is 1.85. The molecule has 7 heteroatoms. The number of rotatable bonds is 3. The van der Waals surface area contributed by atoms with Crippen LogP contribution in [0.3, 0.4) is 0 Å². The summed E-state index contributed by atoms with van der Waals surface area (Å²) in [6, 6.07) is 9.98. The van der Waals surface area contributed by atoms with Crippen LogP contribution in [0.5, 0.6) is 0 Å². The van der Waals surface area contributed by atoms with Gasteiger partial charge in [-0.15, -0.1) is 0 Å². The van der Waals surface area contributed by atoms with Crippen LogP contribution in [0.1, 0.15) is 37.5 Å². The third kappa shape index (κ3) is 2.94. The van der Waals surface area contributed by atoms with E-state index < -0.39 is 11.8 Å². The third-order valence-corrected chi connectivity index (χ3v) is 4.75. The number of carbonyl (C=O) groups is 2. The van der Waals surface area contributed by atoms with Crippen molar-refractivity contribution in [1.29, 1.82) is 5.26 Å². The Morgan fingerprint density at radius 2 is 1.92 bits per heavy atom. The van der Waals surface area contributed by atoms with E-state index in [1.54, 1.807) is 18.2 Å². The number of aromatic amines is 1. The van der Waals surface area contributed by atoms with Crippen LogP contribution in [0.4, 0.5) is 0 Å². The molecule has 1 heterocycles. The number of nitrogens with zero attached hydrogens (tertiary/aromatic N) is 1. The Labute approximate surface area is 159 Å². The number of ether oxygens (including phenoxy) is 1. The number of methoxy groups -OCH3 is 1. The smallest absolute Gasteiger partial charge is 0.339 e. The van der Waals surface area contributed by atoms with Gasteiger partial charge in [-0.2, -0.15) is 5.26 Å². The molecule has 3 rings (SSSR count). The summed E-state index contributed by atoms with van der Waals surface area (Å²) in [6.07, 6.45) is 0. The average molecular weight is 387 g/mol. The minimum atomic E-state index is -0.660. The lowest BCUT2D eigenvalue weighted by atomic mass is 10.0. The van der Waals surface area contributed by atoms with Gasteiger partial charge in [0.05, 0.1) is 45.6 Å². The zero-order valence-electron chi connectivity index (χ0n) is 13.8. The maximum atomic E-state index is 13.0. The second-order valence-corrected chi connectivity index (χ2v) is 6.44. The first-order chi connectivity index (χ1) is 12.4. The third-order valence-electron chi connectivity index (χ3n) is 4.04. The van der Waals surface area contributed by atoms with Crippen molar-refractivity contribution in [1.82, 2.24) is 4.98 Å². The van der Waals surface area contributed by atoms with E-state index in [9.17, 15) is 9.59 Å². The Balaban J connectivity index is 2.16. The minimum absolute atomic E-state index is 0.0148. The lowest BCUT2D eigenvalue weighted by Crippen LogP contribution is -2.09. The number of esters is 1. The predicted molar refractivity (Wildman–Crippen MR) is 99.0 cm³/mol. The van der Waals surface area contributed by atoms with Crippen LogP contribution in [-0.4, -0.2) is 23.8 Å². The second kappa shape index (κ2) is 6.83. The molecule has 0 fully saturated rings. The number of carbonyl (C=O) groups excluding carboxylic acids is 2. The first-order valence-electron chi connectivity index (χ1n) is 7.51. The summed E-state index contributed by atoms with van der Waals surface area (Å²) in [5.74, 6) is -1.12. The van der Waals surface area contributed by atoms with E-state index in [0.29, 0.717) is 11.1 Å². The van der Waals surface area contributed by atoms with Crippen LogP contribution in [-0.2, 0) is 4.74 Å². The largest absolute Gasteiger partial charge is 0.465 e. The molecule has 0 aliphatic rings. The van der Waals surface area contributed by atoms with Crippen molar-refractivity contribution in [2.24, 2.45) is 0 Å². The molecule has 0 spiro atoms. The zero-order valence-corrected chi connectivity index (χ0v) is 15.3. The van der Waals surface area contributed by atoms with Gasteiger partial charge in [0, 0.05) is 10.9 Å². The lowest BCUT2D eigenvalue weighted by Gasteiger charge is -2.09. The number of aryl methyl sites for hydroxylation is 1. The molecule has 3 aromatic rings. The van der Waals surface area contributed by atoms with Crippen LogP contribution in [0.15, 0.2) is 30.3 Å². The van der Waals surface area contributed by atoms with Crippen LogP contribution in [0.25, 0.3) is 10.9 Å². The maximum absolute atomic E-state index is 13.0. The van der Waals surface area contributed by atoms with Crippen molar-refractivity contribution in [2.45, 2.75) is 6.92 Å². The Morgan fingerprint density at radius 3 is 2.58 bits per heavy atom. The van der Waals surface area contributed by atoms with Crippen LogP contribution >= 0.6 is 23.2 Å². The highest BCUT2D eigenvalue weighted by molar-refractivity contribution is 6.42. The predicted octanol–water partition coefficient (Wildman–Crippen LogP) is 4.67. The summed E-state index contributed by atoms with van der Waals surface area (Å²) >= 11 is 12.4. The number of fused-ring (bicyclic) bond motifs is 1. The van der Waals surface area contributed by atoms with Gasteiger partial charge in [-0.3, -0.25) is 4.79 Å². The summed E-state index contributed by atoms with van der Waals surface area (Å²) in [7, 11) is 1.22. The molecule has 5 nitrogen and oxygen atoms in total. The first kappa shape index (κ1) is 18.0. The molecule has 0 bridgehead atoms. The molecule has 0 unspecified atom stereocenters. The zero-order chi connectivity index (χ0) is 19.0. The fourth-order valence-electron chi connectivity index (χ4n) is 2.77. The van der Waals surface area contributed by atoms with Gasteiger partial charge in [-0.25, -0.2) is 4.79 Å². The van der Waals surface area contributed by atoms with E-state index in [1.807, 2.05) is 6.92 Å². The number of hydrogen-bond donors (Lipinski definition) is 1. The Bertz CT molecular complexity index is 1110. The molecule has 26 heavy (non-hydrogen) atoms. The molecule has 0 aliphatic carbocycles. The van der Waals surface area contributed by atoms with Gasteiger partial charge in [-0.05, 0) is 42.8 Å². The monoisotopic (exact) mass is 386 g/mol. The quantitative estimate of drug-likeness (QED) is 0.523. The fraction of sp³-hybridized carbons (Fsp3) is 0.105. The van der Waals surface area contributed by atoms with Crippen LogP contribution in [0.2, 0.25) is 10.0 Å². The van der Waals surface area contributed by atoms with Crippen molar-refractivity contribution in [3.05, 3.63) is 68.3 Å². The van der Waals surface area contributed by atoms with E-state index in [2.05, 4.69) is 15.8 Å². The number of aromatic nitrogens is 1. The van der Waals surface area contributed by atoms with Crippen molar-refractivity contribution >= 4 is 45.9 Å². The number of halogens is 2. The van der Waals surface area contributed by atoms with E-state index >= 15 is 0 Å². The molecule has 0 saturated carbocycles. The van der Waals surface area contributed by atoms with Crippen molar-refractivity contribution in [2.75, 3.05) is 7.11 Å². The van der Waals surface area contributed by atoms with Gasteiger partial charge in [0.2, 0.25) is 5.78 Å². The van der Waals surface area contributed by atoms with Gasteiger partial charge < -0.3 is 9.72 Å². The molecule has 0 amide bonds. The van der Waals surface area contributed by atoms with Crippen molar-refractivity contribution < 1.29 is 14.3 Å². The number of nitrogens with one attached hydrogen (secondary N) is 1. The maximum Gasteiger partial charge on any atom is 0.339 e. The number of nitriles is 1. The molecule has 130 valence electrons. The molecule has 1 N–H and O–H groups in total. The highest BCUT2D eigenvalue weighted by atomic mass is 35.5. The first-order valence-corrected chi connectivity index (χ1v) is 8.27. The lowest BCUT2D eigenvalue weighted by molar-refractivity contribution is 0.0601. The van der Waals surface area contributed by atoms with Crippen molar-refractivity contribution in [3.63, 3.8) is 0 Å². The van der Waals surface area contributed by atoms with Crippen LogP contribution in [0, 0.1) is 18.3 Å². The molecule has 0 radical (unpaired) electrons. The number of benzene rings is 2. The molecular weight excluding hydrogens is 375 g/mol. The Hall–Kier alpha value is -2.81. The summed E-state index contributed by atoms with van der Waals surface area (Å²) in [5.41, 5.74) is 2.32. The minimum Gasteiger partial charge on any atom is -0.465 e. The summed E-state index contributed by atoms with van der Waals surface area (Å²) in [5, 5.41) is 9.95. The summed E-state index contributed by atoms with van der Waals surface area (Å²) in [4.78, 5) is 27.8. The van der Waals surface area contributed by atoms with Gasteiger partial charge in [0.15, 0.2) is 0 Å². The average Bonchev–Trinajstić information content (AvgIpc) is 3.05. The van der Waals surface area contributed by atoms with Gasteiger partial charge in [0.25, 0.3) is 0 Å². The number of ketones is 1. The molecule has 0 atom stereocenters. The second-order valence-electron chi connectivity index (χ2n) is 5.65. The highest BCUT2D eigenvalue weighted by Gasteiger charge is 2.24. The molecular formula is C19H12Cl2N2O3. The Kier molecular flexibility index (Phi) is 4.73. The number of H-pyrrole nitrogens is 1. The Morgan fingerprint density at radius 1 is 1.19 bits per heavy atom. The van der Waals surface area contributed by atoms with Gasteiger partial charge in [-0.1, -0.05) is 23.2 Å². The standard InChI is InChI=1S/C19H12Cl2N2O3/c1-9-5-10(8-22)6-14-12(9)7-15(23-14)18(24)16-13(20)4-3-11(17(16)21)19(25)26-2/h3-7,23H,1-2H3. The fourth-order valence-corrected chi connectivity index (χ4v) is 3.39. The van der Waals surface area contributed by atoms with E-state index in [-0.39, 0.29) is 26.9 Å². The molecule has 1 aromatic heterocycles. The molecule has 2 aromatic carbocycles. The van der Waals surface area contributed by atoms with E-state index in [4.69, 9.17) is 28.5 Å². The molecule has 0 aliphatic heterocycles. The van der Waals surface area contributed by atoms with E-state index in [0.717, 1.165) is 10.9 Å². The van der Waals surface area contributed by atoms with Gasteiger partial charge in [0.1, 0.15) is 0 Å².